The normalized spacial score (nSPS) is 10.8. The lowest BCUT2D eigenvalue weighted by Gasteiger charge is -2.10. The summed E-state index contributed by atoms with van der Waals surface area (Å²) in [6.45, 7) is 0.536. The molecule has 166 valence electrons. The maximum absolute atomic E-state index is 13.0. The van der Waals surface area contributed by atoms with Gasteiger partial charge >= 0.3 is 0 Å². The number of nitrogens with zero attached hydrogens (tertiary/aromatic N) is 2. The molecule has 33 heavy (non-hydrogen) atoms. The molecule has 0 aliphatic carbocycles. The van der Waals surface area contributed by atoms with Crippen LogP contribution in [0.25, 0.3) is 10.9 Å². The summed E-state index contributed by atoms with van der Waals surface area (Å²) in [5.74, 6) is -1.51. The van der Waals surface area contributed by atoms with Crippen LogP contribution in [0.15, 0.2) is 79.0 Å². The highest BCUT2D eigenvalue weighted by Crippen LogP contribution is 2.24. The van der Waals surface area contributed by atoms with Crippen LogP contribution in [-0.4, -0.2) is 41.2 Å². The Morgan fingerprint density at radius 1 is 0.909 bits per heavy atom. The number of nitrogens with one attached hydrogen (secondary N) is 1. The number of carbonyl (C=O) groups is 3. The van der Waals surface area contributed by atoms with Crippen molar-refractivity contribution in [3.63, 3.8) is 0 Å². The second-order valence-corrected chi connectivity index (χ2v) is 8.31. The highest BCUT2D eigenvalue weighted by atomic mass is 35.5. The van der Waals surface area contributed by atoms with Gasteiger partial charge in [0.2, 0.25) is 0 Å². The van der Waals surface area contributed by atoms with Crippen LogP contribution in [-0.2, 0) is 11.3 Å². The molecule has 0 aliphatic heterocycles. The summed E-state index contributed by atoms with van der Waals surface area (Å²) >= 11 is 5.98. The van der Waals surface area contributed by atoms with Crippen molar-refractivity contribution in [1.29, 1.82) is 0 Å². The van der Waals surface area contributed by atoms with E-state index < -0.39 is 11.7 Å². The van der Waals surface area contributed by atoms with E-state index in [4.69, 9.17) is 11.6 Å². The van der Waals surface area contributed by atoms with Gasteiger partial charge in [-0.2, -0.15) is 0 Å². The molecule has 3 aromatic carbocycles. The molecule has 0 saturated carbocycles. The van der Waals surface area contributed by atoms with Crippen molar-refractivity contribution in [3.8, 4) is 0 Å². The monoisotopic (exact) mass is 459 g/mol. The van der Waals surface area contributed by atoms with E-state index in [1.54, 1.807) is 44.6 Å². The van der Waals surface area contributed by atoms with Gasteiger partial charge in [0.05, 0.1) is 5.56 Å². The van der Waals surface area contributed by atoms with E-state index in [0.717, 1.165) is 11.1 Å². The highest BCUT2D eigenvalue weighted by Gasteiger charge is 2.22. The summed E-state index contributed by atoms with van der Waals surface area (Å²) in [4.78, 5) is 39.3. The zero-order valence-corrected chi connectivity index (χ0v) is 19.0. The van der Waals surface area contributed by atoms with Gasteiger partial charge < -0.3 is 14.8 Å². The fourth-order valence-corrected chi connectivity index (χ4v) is 3.74. The van der Waals surface area contributed by atoms with E-state index in [-0.39, 0.29) is 5.91 Å². The minimum Gasteiger partial charge on any atom is -0.345 e. The van der Waals surface area contributed by atoms with Crippen molar-refractivity contribution >= 4 is 45.8 Å². The summed E-state index contributed by atoms with van der Waals surface area (Å²) in [6.07, 6.45) is 1.71. The summed E-state index contributed by atoms with van der Waals surface area (Å²) in [7, 11) is 3.33. The molecule has 0 saturated heterocycles. The Hall–Kier alpha value is -3.90. The summed E-state index contributed by atoms with van der Waals surface area (Å²) < 4.78 is 1.95. The first-order chi connectivity index (χ1) is 15.8. The third kappa shape index (κ3) is 4.81. The number of para-hydroxylation sites is 1. The molecule has 0 unspecified atom stereocenters. The van der Waals surface area contributed by atoms with E-state index in [9.17, 15) is 14.4 Å². The molecule has 0 fully saturated rings. The van der Waals surface area contributed by atoms with Gasteiger partial charge in [-0.05, 0) is 48.0 Å². The number of amides is 2. The van der Waals surface area contributed by atoms with E-state index in [0.29, 0.717) is 33.8 Å². The van der Waals surface area contributed by atoms with E-state index in [1.165, 1.54) is 4.90 Å². The Morgan fingerprint density at radius 2 is 1.58 bits per heavy atom. The number of Topliss-reactive ketones (excluding diaryl/α,β-unsaturated/α-hetero) is 1. The second-order valence-electron chi connectivity index (χ2n) is 7.87. The molecule has 0 spiro atoms. The van der Waals surface area contributed by atoms with Crippen LogP contribution in [0.4, 0.5) is 5.69 Å². The van der Waals surface area contributed by atoms with Gasteiger partial charge in [-0.25, -0.2) is 0 Å². The number of anilines is 1. The highest BCUT2D eigenvalue weighted by molar-refractivity contribution is 6.48. The Kier molecular flexibility index (Phi) is 6.29. The number of halogens is 1. The summed E-state index contributed by atoms with van der Waals surface area (Å²) in [5.41, 5.74) is 3.14. The average Bonchev–Trinajstić information content (AvgIpc) is 3.18. The van der Waals surface area contributed by atoms with Crippen molar-refractivity contribution in [2.45, 2.75) is 6.54 Å². The molecule has 6 nitrogen and oxygen atoms in total. The predicted octanol–water partition coefficient (Wildman–Crippen LogP) is 4.87. The van der Waals surface area contributed by atoms with Crippen molar-refractivity contribution in [2.75, 3.05) is 19.4 Å². The molecular formula is C26H22ClN3O3. The fraction of sp³-hybridized carbons (Fsp3) is 0.115. The first kappa shape index (κ1) is 22.3. The van der Waals surface area contributed by atoms with Gasteiger partial charge in [-0.3, -0.25) is 14.4 Å². The number of ketones is 1. The van der Waals surface area contributed by atoms with Gasteiger partial charge in [0.1, 0.15) is 0 Å². The molecule has 4 aromatic rings. The summed E-state index contributed by atoms with van der Waals surface area (Å²) in [5, 5.41) is 3.99. The molecule has 0 atom stereocenters. The molecule has 0 bridgehead atoms. The van der Waals surface area contributed by atoms with E-state index in [2.05, 4.69) is 5.32 Å². The molecular weight excluding hydrogens is 438 g/mol. The Bertz CT molecular complexity index is 1340. The number of carbonyl (C=O) groups excluding carboxylic acids is 3. The van der Waals surface area contributed by atoms with Crippen LogP contribution in [0.2, 0.25) is 5.02 Å². The molecule has 4 rings (SSSR count). The van der Waals surface area contributed by atoms with Gasteiger partial charge in [0.15, 0.2) is 0 Å². The molecule has 0 aliphatic rings. The SMILES string of the molecule is CN(C)C(=O)c1ccc(NC(=O)C(=O)c2cn(Cc3ccc(Cl)cc3)c3ccccc23)cc1. The first-order valence-corrected chi connectivity index (χ1v) is 10.7. The van der Waals surface area contributed by atoms with Crippen LogP contribution in [0.3, 0.4) is 0 Å². The third-order valence-electron chi connectivity index (χ3n) is 5.30. The lowest BCUT2D eigenvalue weighted by Crippen LogP contribution is -2.23. The van der Waals surface area contributed by atoms with E-state index >= 15 is 0 Å². The van der Waals surface area contributed by atoms with Crippen molar-refractivity contribution < 1.29 is 14.4 Å². The van der Waals surface area contributed by atoms with Gasteiger partial charge in [0, 0.05) is 54.0 Å². The zero-order valence-electron chi connectivity index (χ0n) is 18.2. The number of benzene rings is 3. The molecule has 2 amide bonds. The van der Waals surface area contributed by atoms with Crippen LogP contribution >= 0.6 is 11.6 Å². The van der Waals surface area contributed by atoms with Crippen LogP contribution < -0.4 is 5.32 Å². The Balaban J connectivity index is 1.57. The summed E-state index contributed by atoms with van der Waals surface area (Å²) in [6, 6.07) is 21.4. The Morgan fingerprint density at radius 3 is 2.24 bits per heavy atom. The largest absolute Gasteiger partial charge is 0.345 e. The molecule has 1 aromatic heterocycles. The number of aromatic nitrogens is 1. The van der Waals surface area contributed by atoms with Gasteiger partial charge in [0.25, 0.3) is 17.6 Å². The standard InChI is InChI=1S/C26H22ClN3O3/c1-29(2)26(33)18-9-13-20(14-10-18)28-25(32)24(31)22-16-30(23-6-4-3-5-21(22)23)15-17-7-11-19(27)12-8-17/h3-14,16H,15H2,1-2H3,(H,28,32). The quantitative estimate of drug-likeness (QED) is 0.330. The second kappa shape index (κ2) is 9.30. The van der Waals surface area contributed by atoms with Crippen LogP contribution in [0, 0.1) is 0 Å². The zero-order chi connectivity index (χ0) is 23.5. The fourth-order valence-electron chi connectivity index (χ4n) is 3.61. The topological polar surface area (TPSA) is 71.4 Å². The average molecular weight is 460 g/mol. The number of rotatable bonds is 6. The maximum atomic E-state index is 13.0. The first-order valence-electron chi connectivity index (χ1n) is 10.3. The Labute approximate surface area is 196 Å². The van der Waals surface area contributed by atoms with Crippen molar-refractivity contribution in [2.24, 2.45) is 0 Å². The van der Waals surface area contributed by atoms with Crippen molar-refractivity contribution in [1.82, 2.24) is 9.47 Å². The number of fused-ring (bicyclic) bond motifs is 1. The number of hydrogen-bond donors (Lipinski definition) is 1. The van der Waals surface area contributed by atoms with Crippen molar-refractivity contribution in [3.05, 3.63) is 101 Å². The third-order valence-corrected chi connectivity index (χ3v) is 5.55. The molecule has 0 radical (unpaired) electrons. The lowest BCUT2D eigenvalue weighted by molar-refractivity contribution is -0.112. The predicted molar refractivity (Wildman–Crippen MR) is 130 cm³/mol. The molecule has 7 heteroatoms. The molecule has 1 N–H and O–H groups in total. The maximum Gasteiger partial charge on any atom is 0.296 e. The molecule has 1 heterocycles. The smallest absolute Gasteiger partial charge is 0.296 e. The van der Waals surface area contributed by atoms with Crippen LogP contribution in [0.1, 0.15) is 26.3 Å². The van der Waals surface area contributed by atoms with Crippen LogP contribution in [0.5, 0.6) is 0 Å². The van der Waals surface area contributed by atoms with Gasteiger partial charge in [-0.15, -0.1) is 0 Å². The lowest BCUT2D eigenvalue weighted by atomic mass is 10.1. The van der Waals surface area contributed by atoms with Gasteiger partial charge in [-0.1, -0.05) is 41.9 Å². The minimum absolute atomic E-state index is 0.141. The number of hydrogen-bond acceptors (Lipinski definition) is 3. The minimum atomic E-state index is -0.740. The van der Waals surface area contributed by atoms with E-state index in [1.807, 2.05) is 53.1 Å².